The normalized spacial score (nSPS) is 14.6. The molecule has 3 heterocycles. The number of carbonyl (C=O) groups is 2. The Kier molecular flexibility index (Phi) is 4.76. The minimum atomic E-state index is -0.701. The van der Waals surface area contributed by atoms with Crippen LogP contribution in [0.5, 0.6) is 0 Å². The molecule has 10 heteroatoms. The number of amides is 3. The van der Waals surface area contributed by atoms with Crippen molar-refractivity contribution in [2.24, 2.45) is 0 Å². The molecule has 0 saturated heterocycles. The molecular formula is C19H17Cl2N5O3. The van der Waals surface area contributed by atoms with Crippen LogP contribution in [-0.4, -0.2) is 27.0 Å². The molecule has 0 aliphatic carbocycles. The van der Waals surface area contributed by atoms with Crippen LogP contribution in [0.2, 0.25) is 10.0 Å². The van der Waals surface area contributed by atoms with Gasteiger partial charge in [0.15, 0.2) is 11.6 Å². The number of fused-ring (bicyclic) bond motifs is 1. The van der Waals surface area contributed by atoms with Gasteiger partial charge in [0.25, 0.3) is 5.91 Å². The molecule has 0 spiro atoms. The minimum absolute atomic E-state index is 0.168. The van der Waals surface area contributed by atoms with Gasteiger partial charge in [-0.1, -0.05) is 29.3 Å². The number of benzene rings is 1. The SMILES string of the molecule is CC1(C)c2[nH]nc(NC(=O)c3ccco3)c2CN1C(=O)Nc1c(Cl)cccc1Cl. The molecule has 0 saturated carbocycles. The molecule has 0 fully saturated rings. The summed E-state index contributed by atoms with van der Waals surface area (Å²) in [4.78, 5) is 26.9. The quantitative estimate of drug-likeness (QED) is 0.549. The van der Waals surface area contributed by atoms with Crippen LogP contribution in [0, 0.1) is 0 Å². The standard InChI is InChI=1S/C19H17Cl2N5O3/c1-19(2)15-10(16(25-24-15)23-17(27)13-7-4-8-29-13)9-26(19)18(28)22-14-11(20)5-3-6-12(14)21/h3-8H,9H2,1-2H3,(H,22,28)(H2,23,24,25,27). The largest absolute Gasteiger partial charge is 0.459 e. The van der Waals surface area contributed by atoms with Crippen LogP contribution in [0.4, 0.5) is 16.3 Å². The predicted octanol–water partition coefficient (Wildman–Crippen LogP) is 4.84. The number of halogens is 2. The number of para-hydroxylation sites is 1. The first-order valence-corrected chi connectivity index (χ1v) is 9.50. The summed E-state index contributed by atoms with van der Waals surface area (Å²) >= 11 is 12.3. The monoisotopic (exact) mass is 433 g/mol. The molecular weight excluding hydrogens is 417 g/mol. The molecule has 3 aromatic rings. The zero-order valence-electron chi connectivity index (χ0n) is 15.5. The van der Waals surface area contributed by atoms with E-state index in [0.717, 1.165) is 11.3 Å². The first-order valence-electron chi connectivity index (χ1n) is 8.74. The summed E-state index contributed by atoms with van der Waals surface area (Å²) in [5, 5.41) is 13.3. The molecule has 0 bridgehead atoms. The molecule has 8 nitrogen and oxygen atoms in total. The Morgan fingerprint density at radius 3 is 2.55 bits per heavy atom. The fraction of sp³-hybridized carbons (Fsp3) is 0.211. The van der Waals surface area contributed by atoms with Crippen molar-refractivity contribution in [2.45, 2.75) is 25.9 Å². The van der Waals surface area contributed by atoms with Gasteiger partial charge in [-0.2, -0.15) is 5.10 Å². The van der Waals surface area contributed by atoms with Crippen LogP contribution in [0.3, 0.4) is 0 Å². The van der Waals surface area contributed by atoms with E-state index in [9.17, 15) is 9.59 Å². The van der Waals surface area contributed by atoms with Gasteiger partial charge in [0, 0.05) is 5.56 Å². The third-order valence-corrected chi connectivity index (χ3v) is 5.52. The van der Waals surface area contributed by atoms with E-state index in [1.807, 2.05) is 13.8 Å². The van der Waals surface area contributed by atoms with E-state index in [1.54, 1.807) is 35.2 Å². The van der Waals surface area contributed by atoms with Gasteiger partial charge in [0.05, 0.1) is 39.8 Å². The highest BCUT2D eigenvalue weighted by Gasteiger charge is 2.44. The number of urea groups is 1. The Hall–Kier alpha value is -2.97. The van der Waals surface area contributed by atoms with Crippen LogP contribution < -0.4 is 10.6 Å². The van der Waals surface area contributed by atoms with Crippen molar-refractivity contribution >= 4 is 46.6 Å². The third kappa shape index (κ3) is 3.34. The van der Waals surface area contributed by atoms with Gasteiger partial charge < -0.3 is 20.0 Å². The van der Waals surface area contributed by atoms with Crippen molar-refractivity contribution in [3.8, 4) is 0 Å². The maximum absolute atomic E-state index is 13.0. The molecule has 3 amide bonds. The highest BCUT2D eigenvalue weighted by atomic mass is 35.5. The molecule has 0 unspecified atom stereocenters. The number of hydrogen-bond donors (Lipinski definition) is 3. The highest BCUT2D eigenvalue weighted by molar-refractivity contribution is 6.39. The second-order valence-electron chi connectivity index (χ2n) is 7.03. The summed E-state index contributed by atoms with van der Waals surface area (Å²) in [7, 11) is 0. The fourth-order valence-corrected chi connectivity index (χ4v) is 3.81. The average molecular weight is 434 g/mol. The lowest BCUT2D eigenvalue weighted by atomic mass is 10.0. The van der Waals surface area contributed by atoms with E-state index < -0.39 is 11.4 Å². The maximum atomic E-state index is 13.0. The second kappa shape index (κ2) is 7.13. The smallest absolute Gasteiger partial charge is 0.323 e. The molecule has 1 aliphatic heterocycles. The first-order chi connectivity index (χ1) is 13.8. The van der Waals surface area contributed by atoms with Crippen LogP contribution in [0.25, 0.3) is 0 Å². The van der Waals surface area contributed by atoms with E-state index in [-0.39, 0.29) is 18.3 Å². The van der Waals surface area contributed by atoms with Gasteiger partial charge in [0.1, 0.15) is 0 Å². The van der Waals surface area contributed by atoms with Crippen molar-refractivity contribution < 1.29 is 14.0 Å². The van der Waals surface area contributed by atoms with Gasteiger partial charge in [-0.3, -0.25) is 9.89 Å². The van der Waals surface area contributed by atoms with Crippen LogP contribution >= 0.6 is 23.2 Å². The summed E-state index contributed by atoms with van der Waals surface area (Å²) in [5.41, 5.74) is 1.09. The van der Waals surface area contributed by atoms with Crippen molar-refractivity contribution in [2.75, 3.05) is 10.6 Å². The zero-order valence-corrected chi connectivity index (χ0v) is 17.1. The van der Waals surface area contributed by atoms with Crippen molar-refractivity contribution in [1.29, 1.82) is 0 Å². The van der Waals surface area contributed by atoms with E-state index in [1.165, 1.54) is 6.26 Å². The number of H-pyrrole nitrogens is 1. The highest BCUT2D eigenvalue weighted by Crippen LogP contribution is 2.41. The third-order valence-electron chi connectivity index (χ3n) is 4.89. The van der Waals surface area contributed by atoms with Gasteiger partial charge in [-0.15, -0.1) is 0 Å². The summed E-state index contributed by atoms with van der Waals surface area (Å²) < 4.78 is 5.10. The minimum Gasteiger partial charge on any atom is -0.459 e. The topological polar surface area (TPSA) is 103 Å². The van der Waals surface area contributed by atoms with E-state index >= 15 is 0 Å². The van der Waals surface area contributed by atoms with Gasteiger partial charge in [-0.25, -0.2) is 4.79 Å². The van der Waals surface area contributed by atoms with Crippen LogP contribution in [0.1, 0.15) is 35.7 Å². The van der Waals surface area contributed by atoms with E-state index in [0.29, 0.717) is 21.6 Å². The van der Waals surface area contributed by atoms with Crippen LogP contribution in [-0.2, 0) is 12.1 Å². The number of rotatable bonds is 3. The summed E-state index contributed by atoms with van der Waals surface area (Å²) in [6, 6.07) is 7.79. The Labute approximate surface area is 176 Å². The Bertz CT molecular complexity index is 1070. The van der Waals surface area contributed by atoms with Gasteiger partial charge in [-0.05, 0) is 38.1 Å². The number of aromatic nitrogens is 2. The van der Waals surface area contributed by atoms with Crippen molar-refractivity contribution in [3.05, 3.63) is 63.7 Å². The molecule has 29 heavy (non-hydrogen) atoms. The van der Waals surface area contributed by atoms with Crippen LogP contribution in [0.15, 0.2) is 41.0 Å². The number of aromatic amines is 1. The molecule has 4 rings (SSSR count). The van der Waals surface area contributed by atoms with Gasteiger partial charge in [0.2, 0.25) is 0 Å². The maximum Gasteiger partial charge on any atom is 0.323 e. The van der Waals surface area contributed by atoms with E-state index in [4.69, 9.17) is 27.6 Å². The average Bonchev–Trinajstić information content (AvgIpc) is 3.37. The molecule has 1 aromatic carbocycles. The molecule has 3 N–H and O–H groups in total. The Balaban J connectivity index is 1.57. The zero-order chi connectivity index (χ0) is 20.8. The second-order valence-corrected chi connectivity index (χ2v) is 7.84. The first kappa shape index (κ1) is 19.4. The Morgan fingerprint density at radius 2 is 1.90 bits per heavy atom. The van der Waals surface area contributed by atoms with Gasteiger partial charge >= 0.3 is 6.03 Å². The summed E-state index contributed by atoms with van der Waals surface area (Å²) in [5.74, 6) is 0.0929. The number of nitrogens with one attached hydrogen (secondary N) is 3. The number of carbonyl (C=O) groups excluding carboxylic acids is 2. The molecule has 1 aliphatic rings. The predicted molar refractivity (Wildman–Crippen MR) is 109 cm³/mol. The lowest BCUT2D eigenvalue weighted by Gasteiger charge is -2.32. The summed E-state index contributed by atoms with van der Waals surface area (Å²) in [6.45, 7) is 3.99. The summed E-state index contributed by atoms with van der Waals surface area (Å²) in [6.07, 6.45) is 1.42. The Morgan fingerprint density at radius 1 is 1.17 bits per heavy atom. The number of nitrogens with zero attached hydrogens (tertiary/aromatic N) is 2. The number of furan rings is 1. The molecule has 0 radical (unpaired) electrons. The van der Waals surface area contributed by atoms with Crippen molar-refractivity contribution in [1.82, 2.24) is 15.1 Å². The lowest BCUT2D eigenvalue weighted by molar-refractivity contribution is 0.0996. The number of hydrogen-bond acceptors (Lipinski definition) is 4. The lowest BCUT2D eigenvalue weighted by Crippen LogP contribution is -2.43. The fourth-order valence-electron chi connectivity index (χ4n) is 3.31. The molecule has 2 aromatic heterocycles. The number of anilines is 2. The molecule has 0 atom stereocenters. The van der Waals surface area contributed by atoms with Crippen molar-refractivity contribution in [3.63, 3.8) is 0 Å². The molecule has 150 valence electrons. The van der Waals surface area contributed by atoms with E-state index in [2.05, 4.69) is 20.8 Å².